The third-order valence-corrected chi connectivity index (χ3v) is 10.4. The highest BCUT2D eigenvalue weighted by molar-refractivity contribution is 14.1. The maximum Gasteiger partial charge on any atom is 0.412 e. The van der Waals surface area contributed by atoms with Gasteiger partial charge in [-0.25, -0.2) is 18.8 Å². The lowest BCUT2D eigenvalue weighted by Gasteiger charge is -2.49. The largest absolute Gasteiger partial charge is 0.497 e. The Bertz CT molecular complexity index is 1850. The summed E-state index contributed by atoms with van der Waals surface area (Å²) in [5.74, 6) is -1.75. The van der Waals surface area contributed by atoms with Gasteiger partial charge in [-0.15, -0.1) is 11.8 Å². The molecule has 0 radical (unpaired) electrons. The first-order valence-electron chi connectivity index (χ1n) is 18.5. The molecule has 2 heterocycles. The van der Waals surface area contributed by atoms with Crippen LogP contribution in [0.15, 0.2) is 68.3 Å². The summed E-state index contributed by atoms with van der Waals surface area (Å²) in [6.45, 7) is 16.7. The third kappa shape index (κ3) is 14.4. The van der Waals surface area contributed by atoms with Crippen molar-refractivity contribution < 1.29 is 47.8 Å². The van der Waals surface area contributed by atoms with Crippen molar-refractivity contribution in [3.05, 3.63) is 64.4 Å². The molecule has 2 N–H and O–H groups in total. The number of thioether (sulfide) groups is 1. The van der Waals surface area contributed by atoms with Gasteiger partial charge in [-0.1, -0.05) is 71.5 Å². The summed E-state index contributed by atoms with van der Waals surface area (Å²) in [4.78, 5) is 74.1. The van der Waals surface area contributed by atoms with E-state index in [-0.39, 0.29) is 23.7 Å². The first kappa shape index (κ1) is 48.3. The molecular formula is C40H54IN5O10S2. The highest BCUT2D eigenvalue weighted by atomic mass is 127. The van der Waals surface area contributed by atoms with Gasteiger partial charge >= 0.3 is 18.0 Å². The van der Waals surface area contributed by atoms with E-state index in [1.807, 2.05) is 13.0 Å². The fourth-order valence-corrected chi connectivity index (χ4v) is 7.13. The molecule has 15 nitrogen and oxygen atoms in total. The summed E-state index contributed by atoms with van der Waals surface area (Å²) in [5.41, 5.74) is -2.06. The quantitative estimate of drug-likeness (QED) is 0.0235. The highest BCUT2D eigenvalue weighted by Gasteiger charge is 2.54. The van der Waals surface area contributed by atoms with Crippen LogP contribution in [0.2, 0.25) is 0 Å². The van der Waals surface area contributed by atoms with Crippen molar-refractivity contribution in [3.63, 3.8) is 0 Å². The van der Waals surface area contributed by atoms with E-state index in [9.17, 15) is 24.0 Å². The van der Waals surface area contributed by atoms with Crippen LogP contribution in [0.1, 0.15) is 87.6 Å². The molecule has 1 aromatic carbocycles. The minimum absolute atomic E-state index is 0.0334. The number of alkyl carbamates (subject to hydrolysis) is 1. The van der Waals surface area contributed by atoms with E-state index in [1.54, 1.807) is 85.1 Å². The Morgan fingerprint density at radius 1 is 1.03 bits per heavy atom. The van der Waals surface area contributed by atoms with Crippen molar-refractivity contribution in [3.8, 4) is 5.75 Å². The summed E-state index contributed by atoms with van der Waals surface area (Å²) in [7, 11) is 1.56. The molecule has 0 aromatic heterocycles. The fraction of sp³-hybridized carbons (Fsp3) is 0.525. The Hall–Kier alpha value is -4.04. The number of hydrogen-bond acceptors (Lipinski definition) is 14. The van der Waals surface area contributed by atoms with Gasteiger partial charge in [0.15, 0.2) is 5.71 Å². The predicted molar refractivity (Wildman–Crippen MR) is 234 cm³/mol. The summed E-state index contributed by atoms with van der Waals surface area (Å²) in [6.07, 6.45) is 6.15. The zero-order chi connectivity index (χ0) is 43.4. The van der Waals surface area contributed by atoms with Crippen LogP contribution < -0.4 is 15.4 Å². The van der Waals surface area contributed by atoms with Crippen LogP contribution >= 0.6 is 46.3 Å². The normalized spacial score (nSPS) is 18.0. The van der Waals surface area contributed by atoms with Gasteiger partial charge in [-0.3, -0.25) is 19.8 Å². The minimum atomic E-state index is -1.63. The molecule has 58 heavy (non-hydrogen) atoms. The highest BCUT2D eigenvalue weighted by Crippen LogP contribution is 2.41. The van der Waals surface area contributed by atoms with Gasteiger partial charge in [0.1, 0.15) is 40.7 Å². The number of oxime groups is 1. The summed E-state index contributed by atoms with van der Waals surface area (Å²) < 4.78 is 26.9. The van der Waals surface area contributed by atoms with Crippen LogP contribution in [-0.2, 0) is 44.8 Å². The number of halogens is 1. The van der Waals surface area contributed by atoms with Crippen molar-refractivity contribution in [2.75, 3.05) is 17.3 Å². The van der Waals surface area contributed by atoms with Crippen LogP contribution in [0.25, 0.3) is 0 Å². The van der Waals surface area contributed by atoms with Gasteiger partial charge in [-0.2, -0.15) is 0 Å². The zero-order valence-electron chi connectivity index (χ0n) is 34.9. The van der Waals surface area contributed by atoms with E-state index in [0.717, 1.165) is 23.9 Å². The number of fused-ring (bicyclic) bond motifs is 1. The molecule has 0 spiro atoms. The molecule has 2 atom stereocenters. The molecule has 3 rings (SSSR count). The summed E-state index contributed by atoms with van der Waals surface area (Å²) in [6, 6.07) is 6.00. The zero-order valence-corrected chi connectivity index (χ0v) is 38.6. The van der Waals surface area contributed by atoms with Gasteiger partial charge in [0, 0.05) is 22.1 Å². The van der Waals surface area contributed by atoms with Crippen LogP contribution in [0.5, 0.6) is 5.75 Å². The number of unbranched alkanes of at least 4 members (excludes halogenated alkanes) is 1. The Balaban J connectivity index is 1.91. The maximum atomic E-state index is 14.1. The number of carbonyl (C=O) groups is 5. The predicted octanol–water partition coefficient (Wildman–Crippen LogP) is 7.15. The molecular weight excluding hydrogens is 902 g/mol. The molecule has 1 fully saturated rings. The topological polar surface area (TPSA) is 184 Å². The number of β-lactam (4-membered cyclic amide) rings is 1. The Labute approximate surface area is 362 Å². The first-order chi connectivity index (χ1) is 27.1. The van der Waals surface area contributed by atoms with Crippen molar-refractivity contribution >= 4 is 87.6 Å². The Kier molecular flexibility index (Phi) is 17.7. The number of nitrogens with one attached hydrogen (secondary N) is 2. The standard InChI is InChI=1S/C40H54IN5O10S2/c1-12-13-16-28(42-37(51)55-39(6,7)8)58-45-24(2)29(44-56-40(9,10)36(50)54-38(3,4)5)32(47)43-30-33(48)46-31(26(15-14-21-41)23-57-34(30)46)35(49)53-22-25-17-19-27(52-11)20-18-25/h14-20,30,34H,12-13,21-23H2,1-11H3,(H,42,51)(H,43,47)/b15-14+,28-16+,44-29-,45-24+/t30-,34?/m1/s1. The van der Waals surface area contributed by atoms with E-state index in [2.05, 4.69) is 42.8 Å². The van der Waals surface area contributed by atoms with E-state index in [1.165, 1.54) is 37.4 Å². The monoisotopic (exact) mass is 955 g/mol. The van der Waals surface area contributed by atoms with Gasteiger partial charge in [0.2, 0.25) is 5.60 Å². The van der Waals surface area contributed by atoms with Crippen molar-refractivity contribution in [2.24, 2.45) is 9.55 Å². The van der Waals surface area contributed by atoms with Crippen molar-refractivity contribution in [1.82, 2.24) is 15.5 Å². The van der Waals surface area contributed by atoms with Crippen molar-refractivity contribution in [1.29, 1.82) is 0 Å². The van der Waals surface area contributed by atoms with Crippen LogP contribution in [0.4, 0.5) is 4.79 Å². The molecule has 2 aliphatic rings. The summed E-state index contributed by atoms with van der Waals surface area (Å²) >= 11 is 4.42. The first-order valence-corrected chi connectivity index (χ1v) is 21.9. The van der Waals surface area contributed by atoms with Gasteiger partial charge in [-0.05, 0) is 92.0 Å². The molecule has 318 valence electrons. The fourth-order valence-electron chi connectivity index (χ4n) is 4.92. The number of amides is 3. The lowest BCUT2D eigenvalue weighted by atomic mass is 10.0. The molecule has 0 bridgehead atoms. The number of esters is 2. The van der Waals surface area contributed by atoms with Gasteiger partial charge < -0.3 is 29.1 Å². The minimum Gasteiger partial charge on any atom is -0.497 e. The maximum absolute atomic E-state index is 14.1. The molecule has 0 aliphatic carbocycles. The number of ether oxygens (including phenoxy) is 4. The van der Waals surface area contributed by atoms with Crippen LogP contribution in [0, 0.1) is 0 Å². The molecule has 18 heteroatoms. The van der Waals surface area contributed by atoms with Crippen LogP contribution in [0.3, 0.4) is 0 Å². The second kappa shape index (κ2) is 21.3. The number of methoxy groups -OCH3 is 1. The van der Waals surface area contributed by atoms with E-state index in [4.69, 9.17) is 23.8 Å². The van der Waals surface area contributed by atoms with E-state index >= 15 is 0 Å². The lowest BCUT2D eigenvalue weighted by Crippen LogP contribution is -2.71. The molecule has 2 aliphatic heterocycles. The van der Waals surface area contributed by atoms with Crippen molar-refractivity contribution in [2.45, 2.75) is 117 Å². The molecule has 1 aromatic rings. The van der Waals surface area contributed by atoms with Crippen LogP contribution in [-0.4, -0.2) is 91.7 Å². The van der Waals surface area contributed by atoms with Gasteiger partial charge in [0.25, 0.3) is 11.8 Å². The average Bonchev–Trinajstić information content (AvgIpc) is 3.14. The summed E-state index contributed by atoms with van der Waals surface area (Å²) in [5, 5.41) is 9.20. The molecule has 3 amide bonds. The number of allylic oxidation sites excluding steroid dienone is 3. The Morgan fingerprint density at radius 2 is 1.69 bits per heavy atom. The number of nitrogens with zero attached hydrogens (tertiary/aromatic N) is 3. The number of carbonyl (C=O) groups excluding carboxylic acids is 5. The molecule has 1 saturated heterocycles. The number of hydrogen-bond donors (Lipinski definition) is 2. The lowest BCUT2D eigenvalue weighted by molar-refractivity contribution is -0.179. The Morgan fingerprint density at radius 3 is 2.28 bits per heavy atom. The third-order valence-electron chi connectivity index (χ3n) is 7.75. The smallest absolute Gasteiger partial charge is 0.412 e. The van der Waals surface area contributed by atoms with E-state index < -0.39 is 58.1 Å². The number of benzene rings is 1. The number of alkyl halides is 1. The molecule has 0 saturated carbocycles. The second-order valence-corrected chi connectivity index (χ2v) is 18.3. The molecule has 1 unspecified atom stereocenters. The van der Waals surface area contributed by atoms with E-state index in [0.29, 0.717) is 33.0 Å². The second-order valence-electron chi connectivity index (χ2n) is 15.5. The average molecular weight is 956 g/mol. The van der Waals surface area contributed by atoms with Gasteiger partial charge in [0.05, 0.1) is 17.9 Å². The SMILES string of the molecule is CCC/C=C(\NC(=O)OC(C)(C)C)S/N=C(C)/C(=N/OC(C)(C)C(=O)OC(C)(C)C)C(=O)N[C@@H]1C(=O)N2C(C(=O)OCc3ccc(OC)cc3)=C(/C=C/CI)CSC12. The number of rotatable bonds is 17.